The molecule has 144 valence electrons. The van der Waals surface area contributed by atoms with Gasteiger partial charge in [0.25, 0.3) is 0 Å². The summed E-state index contributed by atoms with van der Waals surface area (Å²) in [5, 5.41) is 2.94. The first-order valence-corrected chi connectivity index (χ1v) is 10.1. The number of carbonyl (C=O) groups excluding carboxylic acids is 1. The smallest absolute Gasteiger partial charge is 0.334 e. The van der Waals surface area contributed by atoms with Gasteiger partial charge < -0.3 is 10.2 Å². The maximum Gasteiger partial charge on any atom is 0.396 e. The first-order chi connectivity index (χ1) is 12.4. The van der Waals surface area contributed by atoms with Crippen LogP contribution in [0.3, 0.4) is 0 Å². The lowest BCUT2D eigenvalue weighted by molar-refractivity contribution is -0.226. The molecule has 1 aromatic rings. The molecule has 1 aliphatic heterocycles. The number of amides is 2. The number of fused-ring (bicyclic) bond motifs is 1. The van der Waals surface area contributed by atoms with Crippen LogP contribution >= 0.6 is 11.8 Å². The van der Waals surface area contributed by atoms with Crippen molar-refractivity contribution < 1.29 is 18.0 Å². The molecule has 2 amide bonds. The van der Waals surface area contributed by atoms with E-state index in [1.807, 2.05) is 37.3 Å². The molecule has 7 heteroatoms. The van der Waals surface area contributed by atoms with Crippen LogP contribution in [0.1, 0.15) is 32.6 Å². The number of benzene rings is 1. The number of nitrogens with one attached hydrogen (secondary N) is 1. The van der Waals surface area contributed by atoms with Crippen LogP contribution in [-0.4, -0.2) is 42.0 Å². The van der Waals surface area contributed by atoms with Gasteiger partial charge in [-0.15, -0.1) is 11.8 Å². The van der Waals surface area contributed by atoms with E-state index in [0.29, 0.717) is 18.6 Å². The summed E-state index contributed by atoms with van der Waals surface area (Å²) in [6.45, 7) is 2.00. The number of rotatable bonds is 5. The Morgan fingerprint density at radius 1 is 1.38 bits per heavy atom. The molecule has 0 radical (unpaired) electrons. The molecule has 2 fully saturated rings. The summed E-state index contributed by atoms with van der Waals surface area (Å²) < 4.78 is 40.9. The molecule has 0 bridgehead atoms. The third-order valence-corrected chi connectivity index (χ3v) is 6.91. The minimum atomic E-state index is -4.24. The minimum absolute atomic E-state index is 0.0602. The number of hydrogen-bond donors (Lipinski definition) is 1. The Balaban J connectivity index is 1.57. The normalized spacial score (nSPS) is 26.6. The number of thioether (sulfide) groups is 1. The van der Waals surface area contributed by atoms with Crippen LogP contribution in [0.2, 0.25) is 0 Å². The second-order valence-electron chi connectivity index (χ2n) is 7.30. The fraction of sp³-hybridized carbons (Fsp3) is 0.632. The minimum Gasteiger partial charge on any atom is -0.334 e. The molecule has 3 atom stereocenters. The molecule has 1 aliphatic carbocycles. The quantitative estimate of drug-likeness (QED) is 0.728. The maximum absolute atomic E-state index is 13.6. The molecule has 0 aromatic heterocycles. The largest absolute Gasteiger partial charge is 0.396 e. The van der Waals surface area contributed by atoms with Gasteiger partial charge in [0.15, 0.2) is 0 Å². The van der Waals surface area contributed by atoms with Crippen LogP contribution in [0.25, 0.3) is 0 Å². The second-order valence-corrected chi connectivity index (χ2v) is 8.40. The van der Waals surface area contributed by atoms with E-state index in [0.717, 1.165) is 11.3 Å². The first-order valence-electron chi connectivity index (χ1n) is 9.16. The Kier molecular flexibility index (Phi) is 5.75. The standard InChI is InChI=1S/C19H25F3N2OS/c1-2-15(12-26-16-8-4-3-5-9-16)23-17(25)24-11-14-7-6-10-18(14,13-24)19(20,21)22/h3-5,8-9,14-15H,2,6-7,10-13H2,1H3,(H,23,25)/t14-,15?,18-/m0/s1. The van der Waals surface area contributed by atoms with Crippen molar-refractivity contribution in [3.8, 4) is 0 Å². The zero-order valence-corrected chi connectivity index (χ0v) is 15.7. The number of carbonyl (C=O) groups is 1. The first kappa shape index (κ1) is 19.4. The van der Waals surface area contributed by atoms with Gasteiger partial charge in [-0.3, -0.25) is 0 Å². The molecule has 1 saturated carbocycles. The van der Waals surface area contributed by atoms with E-state index in [1.54, 1.807) is 11.8 Å². The third-order valence-electron chi connectivity index (χ3n) is 5.74. The van der Waals surface area contributed by atoms with Crippen molar-refractivity contribution in [2.75, 3.05) is 18.8 Å². The Bertz CT molecular complexity index is 625. The van der Waals surface area contributed by atoms with Gasteiger partial charge in [-0.25, -0.2) is 4.79 Å². The summed E-state index contributed by atoms with van der Waals surface area (Å²) in [5.41, 5.74) is -1.69. The summed E-state index contributed by atoms with van der Waals surface area (Å²) in [6, 6.07) is 9.47. The summed E-state index contributed by atoms with van der Waals surface area (Å²) in [4.78, 5) is 15.1. The van der Waals surface area contributed by atoms with Crippen LogP contribution in [-0.2, 0) is 0 Å². The third kappa shape index (κ3) is 3.82. The van der Waals surface area contributed by atoms with Crippen LogP contribution in [0, 0.1) is 11.3 Å². The van der Waals surface area contributed by atoms with Crippen molar-refractivity contribution in [2.45, 2.75) is 49.7 Å². The fourth-order valence-electron chi connectivity index (χ4n) is 4.15. The second kappa shape index (κ2) is 7.71. The highest BCUT2D eigenvalue weighted by Crippen LogP contribution is 2.57. The summed E-state index contributed by atoms with van der Waals surface area (Å²) in [6.07, 6.45) is -2.19. The molecule has 3 nitrogen and oxygen atoms in total. The van der Waals surface area contributed by atoms with E-state index in [4.69, 9.17) is 0 Å². The van der Waals surface area contributed by atoms with E-state index in [2.05, 4.69) is 5.32 Å². The van der Waals surface area contributed by atoms with Gasteiger partial charge in [0, 0.05) is 29.8 Å². The Hall–Kier alpha value is -1.37. The molecule has 2 aliphatic rings. The molecule has 1 unspecified atom stereocenters. The van der Waals surface area contributed by atoms with Crippen molar-refractivity contribution in [1.29, 1.82) is 0 Å². The average Bonchev–Trinajstić information content (AvgIpc) is 3.17. The molecular weight excluding hydrogens is 361 g/mol. The van der Waals surface area contributed by atoms with E-state index in [1.165, 1.54) is 4.90 Å². The Labute approximate surface area is 156 Å². The van der Waals surface area contributed by atoms with Crippen LogP contribution in [0.5, 0.6) is 0 Å². The van der Waals surface area contributed by atoms with E-state index in [-0.39, 0.29) is 31.6 Å². The van der Waals surface area contributed by atoms with Gasteiger partial charge in [-0.05, 0) is 37.3 Å². The highest BCUT2D eigenvalue weighted by molar-refractivity contribution is 7.99. The zero-order chi connectivity index (χ0) is 18.8. The molecule has 1 saturated heterocycles. The predicted octanol–water partition coefficient (Wildman–Crippen LogP) is 4.93. The van der Waals surface area contributed by atoms with Gasteiger partial charge in [0.05, 0.1) is 5.41 Å². The van der Waals surface area contributed by atoms with Crippen molar-refractivity contribution in [1.82, 2.24) is 10.2 Å². The predicted molar refractivity (Wildman–Crippen MR) is 97.2 cm³/mol. The molecule has 26 heavy (non-hydrogen) atoms. The number of likely N-dealkylation sites (tertiary alicyclic amines) is 1. The molecular formula is C19H25F3N2OS. The van der Waals surface area contributed by atoms with Crippen molar-refractivity contribution >= 4 is 17.8 Å². The summed E-state index contributed by atoms with van der Waals surface area (Å²) in [7, 11) is 0. The van der Waals surface area contributed by atoms with Crippen LogP contribution < -0.4 is 5.32 Å². The number of halogens is 3. The van der Waals surface area contributed by atoms with Gasteiger partial charge in [-0.1, -0.05) is 31.5 Å². The van der Waals surface area contributed by atoms with Crippen molar-refractivity contribution in [3.63, 3.8) is 0 Å². The van der Waals surface area contributed by atoms with Crippen molar-refractivity contribution in [2.24, 2.45) is 11.3 Å². The number of alkyl halides is 3. The number of hydrogen-bond acceptors (Lipinski definition) is 2. The number of urea groups is 1. The monoisotopic (exact) mass is 386 g/mol. The Morgan fingerprint density at radius 2 is 2.12 bits per heavy atom. The molecule has 0 spiro atoms. The SMILES string of the molecule is CCC(CSc1ccccc1)NC(=O)N1C[C@@H]2CCC[C@]2(C(F)(F)F)C1. The van der Waals surface area contributed by atoms with E-state index < -0.39 is 17.5 Å². The summed E-state index contributed by atoms with van der Waals surface area (Å²) in [5.74, 6) is 0.250. The van der Waals surface area contributed by atoms with E-state index in [9.17, 15) is 18.0 Å². The highest BCUT2D eigenvalue weighted by Gasteiger charge is 2.65. The Morgan fingerprint density at radius 3 is 2.73 bits per heavy atom. The average molecular weight is 386 g/mol. The summed E-state index contributed by atoms with van der Waals surface area (Å²) >= 11 is 1.64. The van der Waals surface area contributed by atoms with Crippen LogP contribution in [0.15, 0.2) is 35.2 Å². The van der Waals surface area contributed by atoms with E-state index >= 15 is 0 Å². The lowest BCUT2D eigenvalue weighted by Gasteiger charge is -2.31. The molecule has 1 heterocycles. The lowest BCUT2D eigenvalue weighted by Crippen LogP contribution is -2.47. The van der Waals surface area contributed by atoms with Crippen molar-refractivity contribution in [3.05, 3.63) is 30.3 Å². The van der Waals surface area contributed by atoms with Crippen LogP contribution in [0.4, 0.5) is 18.0 Å². The molecule has 1 N–H and O–H groups in total. The molecule has 3 rings (SSSR count). The lowest BCUT2D eigenvalue weighted by atomic mass is 9.80. The number of nitrogens with zero attached hydrogens (tertiary/aromatic N) is 1. The topological polar surface area (TPSA) is 32.3 Å². The van der Waals surface area contributed by atoms with Gasteiger partial charge in [-0.2, -0.15) is 13.2 Å². The maximum atomic E-state index is 13.6. The van der Waals surface area contributed by atoms with Gasteiger partial charge >= 0.3 is 12.2 Å². The van der Waals surface area contributed by atoms with Gasteiger partial charge in [0.1, 0.15) is 0 Å². The van der Waals surface area contributed by atoms with Gasteiger partial charge in [0.2, 0.25) is 0 Å². The molecule has 1 aromatic carbocycles. The zero-order valence-electron chi connectivity index (χ0n) is 14.9. The fourth-order valence-corrected chi connectivity index (χ4v) is 5.21. The highest BCUT2D eigenvalue weighted by atomic mass is 32.2.